The van der Waals surface area contributed by atoms with Crippen molar-refractivity contribution in [2.75, 3.05) is 50.1 Å². The van der Waals surface area contributed by atoms with Crippen molar-refractivity contribution in [3.8, 4) is 22.8 Å². The summed E-state index contributed by atoms with van der Waals surface area (Å²) in [6, 6.07) is 9.51. The van der Waals surface area contributed by atoms with Gasteiger partial charge in [0.1, 0.15) is 6.54 Å². The van der Waals surface area contributed by atoms with Gasteiger partial charge in [0.05, 0.1) is 29.5 Å². The van der Waals surface area contributed by atoms with E-state index in [9.17, 15) is 22.6 Å². The highest BCUT2D eigenvalue weighted by molar-refractivity contribution is 7.85. The molecule has 0 saturated heterocycles. The lowest BCUT2D eigenvalue weighted by Crippen LogP contribution is -2.39. The number of oxazole rings is 1. The lowest BCUT2D eigenvalue weighted by molar-refractivity contribution is -0.696. The molecule has 0 fully saturated rings. The van der Waals surface area contributed by atoms with Crippen molar-refractivity contribution in [2.45, 2.75) is 26.3 Å². The van der Waals surface area contributed by atoms with Gasteiger partial charge in [0.2, 0.25) is 5.89 Å². The van der Waals surface area contributed by atoms with Crippen LogP contribution in [0.25, 0.3) is 22.8 Å². The third-order valence-corrected chi connectivity index (χ3v) is 7.51. The van der Waals surface area contributed by atoms with Gasteiger partial charge in [-0.05, 0) is 37.1 Å². The number of rotatable bonds is 16. The molecule has 42 heavy (non-hydrogen) atoms. The number of nitrogens with zero attached hydrogens (tertiary/aromatic N) is 4. The lowest BCUT2D eigenvalue weighted by Gasteiger charge is -2.28. The van der Waals surface area contributed by atoms with Crippen LogP contribution in [0.1, 0.15) is 18.4 Å². The second kappa shape index (κ2) is 14.3. The summed E-state index contributed by atoms with van der Waals surface area (Å²) in [4.78, 5) is 31.8. The summed E-state index contributed by atoms with van der Waals surface area (Å²) >= 11 is 0. The van der Waals surface area contributed by atoms with Crippen LogP contribution in [0, 0.1) is 6.92 Å². The minimum Gasteiger partial charge on any atom is -0.748 e. The van der Waals surface area contributed by atoms with Gasteiger partial charge in [-0.2, -0.15) is 0 Å². The number of hydrogen-bond donors (Lipinski definition) is 1. The second-order valence-corrected chi connectivity index (χ2v) is 11.3. The number of anilines is 1. The standard InChI is InChI=1S/C29H34N4O8S/c1-22-20-24(26-21-30-29(41-26)23-8-12-31(13-9-23)10-3-19-42(37,38)39)4-5-25(22)32(11-2-17-40-18-16-34)14-15-33-27(35)6-7-28(33)36/h4-9,12-13,20-21,34H,2-3,10-11,14-19H2,1H3. The number of hydrogen-bond acceptors (Lipinski definition) is 10. The summed E-state index contributed by atoms with van der Waals surface area (Å²) in [7, 11) is -4.23. The zero-order valence-corrected chi connectivity index (χ0v) is 24.2. The number of carbonyl (C=O) groups excluding carboxylic acids is 2. The minimum absolute atomic E-state index is 0.0398. The molecule has 2 amide bonds. The average Bonchev–Trinajstić information content (AvgIpc) is 3.57. The fraction of sp³-hybridized carbons (Fsp3) is 0.379. The highest BCUT2D eigenvalue weighted by atomic mass is 32.2. The molecule has 1 aliphatic rings. The Morgan fingerprint density at radius 1 is 1.05 bits per heavy atom. The van der Waals surface area contributed by atoms with Crippen molar-refractivity contribution in [2.24, 2.45) is 0 Å². The number of pyridine rings is 1. The van der Waals surface area contributed by atoms with E-state index in [1.165, 1.54) is 17.1 Å². The van der Waals surface area contributed by atoms with Crippen LogP contribution >= 0.6 is 0 Å². The first-order chi connectivity index (χ1) is 20.1. The molecule has 0 spiro atoms. The number of aliphatic hydroxyl groups excluding tert-OH is 1. The van der Waals surface area contributed by atoms with Gasteiger partial charge >= 0.3 is 0 Å². The Morgan fingerprint density at radius 2 is 1.79 bits per heavy atom. The molecule has 1 aromatic carbocycles. The number of imide groups is 1. The maximum Gasteiger partial charge on any atom is 0.253 e. The predicted molar refractivity (Wildman–Crippen MR) is 152 cm³/mol. The van der Waals surface area contributed by atoms with Crippen LogP contribution in [0.3, 0.4) is 0 Å². The largest absolute Gasteiger partial charge is 0.748 e. The summed E-state index contributed by atoms with van der Waals surface area (Å²) in [5, 5.41) is 8.94. The monoisotopic (exact) mass is 598 g/mol. The van der Waals surface area contributed by atoms with E-state index in [-0.39, 0.29) is 38.0 Å². The van der Waals surface area contributed by atoms with E-state index in [0.717, 1.165) is 22.4 Å². The van der Waals surface area contributed by atoms with Crippen molar-refractivity contribution >= 4 is 27.6 Å². The Bertz CT molecular complexity index is 1500. The van der Waals surface area contributed by atoms with Gasteiger partial charge in [0.25, 0.3) is 11.8 Å². The smallest absolute Gasteiger partial charge is 0.253 e. The summed E-state index contributed by atoms with van der Waals surface area (Å²) in [6.45, 7) is 4.42. The second-order valence-electron chi connectivity index (χ2n) is 9.81. The molecule has 3 heterocycles. The number of amides is 2. The normalized spacial score (nSPS) is 13.4. The van der Waals surface area contributed by atoms with Crippen LogP contribution in [-0.4, -0.2) is 85.0 Å². The molecule has 0 saturated carbocycles. The molecule has 0 bridgehead atoms. The van der Waals surface area contributed by atoms with E-state index < -0.39 is 15.9 Å². The highest BCUT2D eigenvalue weighted by Gasteiger charge is 2.24. The van der Waals surface area contributed by atoms with Gasteiger partial charge in [-0.15, -0.1) is 0 Å². The number of carbonyl (C=O) groups is 2. The molecular weight excluding hydrogens is 564 g/mol. The van der Waals surface area contributed by atoms with Crippen LogP contribution in [0.5, 0.6) is 0 Å². The third-order valence-electron chi connectivity index (χ3n) is 6.72. The summed E-state index contributed by atoms with van der Waals surface area (Å²) < 4.78 is 45.6. The molecule has 0 unspecified atom stereocenters. The highest BCUT2D eigenvalue weighted by Crippen LogP contribution is 2.30. The van der Waals surface area contributed by atoms with Crippen LogP contribution in [0.15, 0.2) is 65.5 Å². The molecule has 0 radical (unpaired) electrons. The zero-order chi connectivity index (χ0) is 30.1. The molecular formula is C29H34N4O8S. The minimum atomic E-state index is -4.23. The van der Waals surface area contributed by atoms with Crippen molar-refractivity contribution in [3.63, 3.8) is 0 Å². The maximum absolute atomic E-state index is 12.0. The Labute approximate surface area is 244 Å². The first-order valence-corrected chi connectivity index (χ1v) is 15.2. The summed E-state index contributed by atoms with van der Waals surface area (Å²) in [5.74, 6) is -0.0288. The van der Waals surface area contributed by atoms with E-state index in [4.69, 9.17) is 14.3 Å². The predicted octanol–water partition coefficient (Wildman–Crippen LogP) is 1.67. The first-order valence-electron chi connectivity index (χ1n) is 13.6. The zero-order valence-electron chi connectivity index (χ0n) is 23.3. The molecule has 12 nitrogen and oxygen atoms in total. The topological polar surface area (TPSA) is 157 Å². The molecule has 2 aromatic heterocycles. The quantitative estimate of drug-likeness (QED) is 0.111. The Morgan fingerprint density at radius 3 is 2.45 bits per heavy atom. The number of ether oxygens (including phenoxy) is 1. The molecule has 3 aromatic rings. The average molecular weight is 599 g/mol. The van der Waals surface area contributed by atoms with E-state index >= 15 is 0 Å². The van der Waals surface area contributed by atoms with Crippen molar-refractivity contribution in [1.82, 2.24) is 9.88 Å². The van der Waals surface area contributed by atoms with Crippen molar-refractivity contribution in [1.29, 1.82) is 0 Å². The van der Waals surface area contributed by atoms with Crippen molar-refractivity contribution < 1.29 is 41.4 Å². The van der Waals surface area contributed by atoms with Gasteiger partial charge in [-0.25, -0.2) is 18.0 Å². The van der Waals surface area contributed by atoms with Crippen molar-refractivity contribution in [3.05, 3.63) is 66.6 Å². The van der Waals surface area contributed by atoms with Gasteiger partial charge < -0.3 is 23.7 Å². The lowest BCUT2D eigenvalue weighted by atomic mass is 10.1. The molecule has 0 aliphatic carbocycles. The van der Waals surface area contributed by atoms with E-state index in [0.29, 0.717) is 44.3 Å². The van der Waals surface area contributed by atoms with Gasteiger partial charge in [-0.1, -0.05) is 0 Å². The molecule has 13 heteroatoms. The molecule has 0 atom stereocenters. The van der Waals surface area contributed by atoms with E-state index in [1.54, 1.807) is 23.2 Å². The van der Waals surface area contributed by atoms with Crippen LogP contribution in [0.2, 0.25) is 0 Å². The summed E-state index contributed by atoms with van der Waals surface area (Å²) in [5.41, 5.74) is 3.50. The molecule has 1 N–H and O–H groups in total. The fourth-order valence-corrected chi connectivity index (χ4v) is 5.11. The number of aryl methyl sites for hydroxylation is 2. The SMILES string of the molecule is Cc1cc(-c2cnc(-c3cc[n+](CCCS(=O)(=O)[O-])cc3)o2)ccc1N(CCCOCCO)CCN1C(=O)C=CC1=O. The summed E-state index contributed by atoms with van der Waals surface area (Å²) in [6.07, 6.45) is 8.69. The van der Waals surface area contributed by atoms with E-state index in [1.807, 2.05) is 37.3 Å². The fourth-order valence-electron chi connectivity index (χ4n) is 4.63. The Balaban J connectivity index is 1.44. The first kappa shape index (κ1) is 31.0. The van der Waals surface area contributed by atoms with Crippen LogP contribution in [0.4, 0.5) is 5.69 Å². The van der Waals surface area contributed by atoms with E-state index in [2.05, 4.69) is 9.88 Å². The maximum atomic E-state index is 12.0. The van der Waals surface area contributed by atoms with Crippen LogP contribution < -0.4 is 9.47 Å². The molecule has 224 valence electrons. The van der Waals surface area contributed by atoms with Crippen LogP contribution in [-0.2, 0) is 31.0 Å². The van der Waals surface area contributed by atoms with Gasteiger partial charge in [0, 0.05) is 79.5 Å². The Hall–Kier alpha value is -3.91. The number of aromatic nitrogens is 2. The van der Waals surface area contributed by atoms with Gasteiger partial charge in [0.15, 0.2) is 18.2 Å². The molecule has 4 rings (SSSR count). The van der Waals surface area contributed by atoms with Gasteiger partial charge in [-0.3, -0.25) is 14.5 Å². The number of benzene rings is 1. The third kappa shape index (κ3) is 8.55. The Kier molecular flexibility index (Phi) is 10.6. The molecule has 1 aliphatic heterocycles. The number of aliphatic hydroxyl groups is 1.